The Labute approximate surface area is 135 Å². The standard InChI is InChI=1S/C11H17Cl3N2OS2/c1-2-3-4-5-6-7-8-19(17)10-16-15-9(18-10)11(12,13)14/h2-8H2,1H3. The number of alkyl halides is 3. The fourth-order valence-electron chi connectivity index (χ4n) is 1.52. The molecule has 0 amide bonds. The second-order valence-corrected chi connectivity index (χ2v) is 9.19. The number of rotatable bonds is 8. The van der Waals surface area contributed by atoms with Crippen LogP contribution < -0.4 is 0 Å². The molecule has 0 bridgehead atoms. The van der Waals surface area contributed by atoms with Crippen LogP contribution in [-0.2, 0) is 14.6 Å². The summed E-state index contributed by atoms with van der Waals surface area (Å²) in [5.41, 5.74) is 0. The van der Waals surface area contributed by atoms with E-state index in [9.17, 15) is 4.21 Å². The fourth-order valence-corrected chi connectivity index (χ4v) is 4.05. The van der Waals surface area contributed by atoms with Crippen molar-refractivity contribution < 1.29 is 4.21 Å². The van der Waals surface area contributed by atoms with E-state index in [4.69, 9.17) is 34.8 Å². The topological polar surface area (TPSA) is 42.9 Å². The van der Waals surface area contributed by atoms with Crippen LogP contribution >= 0.6 is 46.1 Å². The van der Waals surface area contributed by atoms with Crippen LogP contribution in [0.5, 0.6) is 0 Å². The molecule has 1 rings (SSSR count). The molecule has 1 aromatic heterocycles. The summed E-state index contributed by atoms with van der Waals surface area (Å²) in [5, 5.41) is 7.85. The number of nitrogens with zero attached hydrogens (tertiary/aromatic N) is 2. The summed E-state index contributed by atoms with van der Waals surface area (Å²) >= 11 is 18.2. The highest BCUT2D eigenvalue weighted by Crippen LogP contribution is 2.40. The molecule has 0 N–H and O–H groups in total. The van der Waals surface area contributed by atoms with Crippen molar-refractivity contribution in [3.05, 3.63) is 5.01 Å². The Morgan fingerprint density at radius 1 is 1.11 bits per heavy atom. The van der Waals surface area contributed by atoms with E-state index in [1.165, 1.54) is 25.7 Å². The first-order valence-corrected chi connectivity index (χ1v) is 9.51. The minimum absolute atomic E-state index is 0.267. The monoisotopic (exact) mass is 362 g/mol. The van der Waals surface area contributed by atoms with Gasteiger partial charge in [0.1, 0.15) is 0 Å². The maximum absolute atomic E-state index is 12.0. The minimum atomic E-state index is -1.58. The van der Waals surface area contributed by atoms with Crippen LogP contribution in [0.25, 0.3) is 0 Å². The van der Waals surface area contributed by atoms with E-state index in [0.717, 1.165) is 24.2 Å². The van der Waals surface area contributed by atoms with E-state index >= 15 is 0 Å². The molecule has 0 aliphatic rings. The molecule has 1 aromatic rings. The van der Waals surface area contributed by atoms with E-state index in [2.05, 4.69) is 17.1 Å². The molecule has 0 saturated heterocycles. The molecule has 1 heterocycles. The molecule has 110 valence electrons. The second-order valence-electron chi connectivity index (χ2n) is 4.19. The molecular formula is C11H17Cl3N2OS2. The zero-order valence-electron chi connectivity index (χ0n) is 10.7. The van der Waals surface area contributed by atoms with Gasteiger partial charge >= 0.3 is 0 Å². The van der Waals surface area contributed by atoms with Gasteiger partial charge in [0.15, 0.2) is 5.01 Å². The van der Waals surface area contributed by atoms with Crippen LogP contribution in [0.1, 0.15) is 50.5 Å². The highest BCUT2D eigenvalue weighted by atomic mass is 35.6. The largest absolute Gasteiger partial charge is 0.252 e. The molecule has 0 aliphatic heterocycles. The molecule has 0 spiro atoms. The summed E-state index contributed by atoms with van der Waals surface area (Å²) in [6, 6.07) is 0. The van der Waals surface area contributed by atoms with Crippen molar-refractivity contribution in [3.63, 3.8) is 0 Å². The quantitative estimate of drug-likeness (QED) is 0.490. The Kier molecular flexibility index (Phi) is 8.14. The number of hydrogen-bond acceptors (Lipinski definition) is 4. The number of unbranched alkanes of at least 4 members (excludes halogenated alkanes) is 5. The van der Waals surface area contributed by atoms with Gasteiger partial charge < -0.3 is 0 Å². The van der Waals surface area contributed by atoms with E-state index in [1.807, 2.05) is 0 Å². The zero-order chi connectivity index (χ0) is 14.3. The summed E-state index contributed by atoms with van der Waals surface area (Å²) in [6.45, 7) is 2.19. The molecule has 0 aromatic carbocycles. The Hall–Kier alpha value is 0.580. The molecule has 3 nitrogen and oxygen atoms in total. The van der Waals surface area contributed by atoms with Crippen LogP contribution in [-0.4, -0.2) is 20.2 Å². The SMILES string of the molecule is CCCCCCCCS(=O)c1nnc(C(Cl)(Cl)Cl)s1. The van der Waals surface area contributed by atoms with Gasteiger partial charge in [0.05, 0.1) is 10.8 Å². The average Bonchev–Trinajstić information content (AvgIpc) is 2.82. The molecule has 1 unspecified atom stereocenters. The molecular weight excluding hydrogens is 347 g/mol. The van der Waals surface area contributed by atoms with E-state index in [0.29, 0.717) is 10.1 Å². The van der Waals surface area contributed by atoms with E-state index < -0.39 is 14.6 Å². The van der Waals surface area contributed by atoms with Gasteiger partial charge in [-0.25, -0.2) is 0 Å². The molecule has 0 saturated carbocycles. The lowest BCUT2D eigenvalue weighted by atomic mass is 10.1. The molecule has 8 heteroatoms. The highest BCUT2D eigenvalue weighted by Gasteiger charge is 2.28. The average molecular weight is 364 g/mol. The molecule has 19 heavy (non-hydrogen) atoms. The van der Waals surface area contributed by atoms with Crippen molar-refractivity contribution in [3.8, 4) is 0 Å². The summed E-state index contributed by atoms with van der Waals surface area (Å²) in [7, 11) is -1.14. The summed E-state index contributed by atoms with van der Waals surface area (Å²) < 4.78 is 10.8. The van der Waals surface area contributed by atoms with Gasteiger partial charge in [0.2, 0.25) is 8.13 Å². The zero-order valence-corrected chi connectivity index (χ0v) is 14.6. The minimum Gasteiger partial charge on any atom is -0.252 e. The van der Waals surface area contributed by atoms with Crippen molar-refractivity contribution in [2.45, 2.75) is 53.6 Å². The van der Waals surface area contributed by atoms with Crippen molar-refractivity contribution in [1.29, 1.82) is 0 Å². The first-order chi connectivity index (χ1) is 8.95. The smallest absolute Gasteiger partial charge is 0.243 e. The van der Waals surface area contributed by atoms with Crippen LogP contribution in [0.3, 0.4) is 0 Å². The van der Waals surface area contributed by atoms with Crippen LogP contribution in [0, 0.1) is 0 Å². The molecule has 1 atom stereocenters. The highest BCUT2D eigenvalue weighted by molar-refractivity contribution is 7.87. The third-order valence-corrected chi connectivity index (χ3v) is 6.18. The maximum Gasteiger partial charge on any atom is 0.243 e. The third kappa shape index (κ3) is 6.71. The summed E-state index contributed by atoms with van der Waals surface area (Å²) in [5.74, 6) is 0.598. The number of hydrogen-bond donors (Lipinski definition) is 0. The van der Waals surface area contributed by atoms with Gasteiger partial charge in [-0.15, -0.1) is 10.2 Å². The van der Waals surface area contributed by atoms with Gasteiger partial charge in [-0.3, -0.25) is 4.21 Å². The van der Waals surface area contributed by atoms with E-state index in [-0.39, 0.29) is 5.01 Å². The Bertz CT molecular complexity index is 407. The van der Waals surface area contributed by atoms with Gasteiger partial charge in [0.25, 0.3) is 0 Å². The number of halogens is 3. The predicted molar refractivity (Wildman–Crippen MR) is 83.8 cm³/mol. The van der Waals surface area contributed by atoms with Crippen molar-refractivity contribution in [1.82, 2.24) is 10.2 Å². The van der Waals surface area contributed by atoms with Crippen molar-refractivity contribution >= 4 is 56.9 Å². The lowest BCUT2D eigenvalue weighted by molar-refractivity contribution is 0.621. The van der Waals surface area contributed by atoms with Gasteiger partial charge in [-0.2, -0.15) is 0 Å². The van der Waals surface area contributed by atoms with Gasteiger partial charge in [-0.05, 0) is 6.42 Å². The molecule has 0 radical (unpaired) electrons. The summed E-state index contributed by atoms with van der Waals surface area (Å²) in [4.78, 5) is 0. The lowest BCUT2D eigenvalue weighted by Gasteiger charge is -2.03. The van der Waals surface area contributed by atoms with Crippen LogP contribution in [0.4, 0.5) is 0 Å². The lowest BCUT2D eigenvalue weighted by Crippen LogP contribution is -1.98. The van der Waals surface area contributed by atoms with Crippen molar-refractivity contribution in [2.24, 2.45) is 0 Å². The van der Waals surface area contributed by atoms with Crippen LogP contribution in [0.15, 0.2) is 4.34 Å². The Morgan fingerprint density at radius 3 is 2.32 bits per heavy atom. The first kappa shape index (κ1) is 17.6. The maximum atomic E-state index is 12.0. The van der Waals surface area contributed by atoms with E-state index in [1.54, 1.807) is 0 Å². The Balaban J connectivity index is 2.32. The normalized spacial score (nSPS) is 13.7. The molecule has 0 fully saturated rings. The van der Waals surface area contributed by atoms with Gasteiger partial charge in [0, 0.05) is 5.75 Å². The fraction of sp³-hybridized carbons (Fsp3) is 0.818. The first-order valence-electron chi connectivity index (χ1n) is 6.24. The third-order valence-electron chi connectivity index (χ3n) is 2.53. The number of aromatic nitrogens is 2. The van der Waals surface area contributed by atoms with Crippen LogP contribution in [0.2, 0.25) is 0 Å². The molecule has 0 aliphatic carbocycles. The van der Waals surface area contributed by atoms with Crippen molar-refractivity contribution in [2.75, 3.05) is 5.75 Å². The predicted octanol–water partition coefficient (Wildman–Crippen LogP) is 4.83. The Morgan fingerprint density at radius 2 is 1.74 bits per heavy atom. The van der Waals surface area contributed by atoms with Gasteiger partial charge in [-0.1, -0.05) is 85.2 Å². The summed E-state index contributed by atoms with van der Waals surface area (Å²) in [6.07, 6.45) is 6.98. The second kappa shape index (κ2) is 8.78.